The summed E-state index contributed by atoms with van der Waals surface area (Å²) >= 11 is 6.48. The number of aliphatic imine (C=N–C) groups is 1. The minimum Gasteiger partial charge on any atom is -0.748 e. The van der Waals surface area contributed by atoms with E-state index in [0.717, 1.165) is 11.1 Å². The second-order valence-electron chi connectivity index (χ2n) is 15.0. The van der Waals surface area contributed by atoms with Crippen LogP contribution in [0.1, 0.15) is 69.2 Å². The molecule has 2 aliphatic rings. The van der Waals surface area contributed by atoms with Crippen molar-refractivity contribution in [2.75, 3.05) is 23.0 Å². The van der Waals surface area contributed by atoms with Crippen LogP contribution in [0.2, 0.25) is 5.02 Å². The molecule has 2 aliphatic heterocycles. The maximum absolute atomic E-state index is 12.0. The van der Waals surface area contributed by atoms with Crippen LogP contribution in [-0.4, -0.2) is 73.7 Å². The number of carboxylic acids is 1. The smallest absolute Gasteiger partial charge is 0.748 e. The van der Waals surface area contributed by atoms with Crippen molar-refractivity contribution in [3.8, 4) is 0 Å². The molecule has 0 saturated carbocycles. The number of aromatic nitrogens is 1. The van der Waals surface area contributed by atoms with E-state index < -0.39 is 63.6 Å². The van der Waals surface area contributed by atoms with Gasteiger partial charge in [-0.15, -0.1) is 0 Å². The van der Waals surface area contributed by atoms with Gasteiger partial charge >= 0.3 is 70.9 Å². The average Bonchev–Trinajstić information content (AvgIpc) is 3.46. The quantitative estimate of drug-likeness (QED) is 0.0800. The van der Waals surface area contributed by atoms with Gasteiger partial charge in [-0.3, -0.25) is 4.79 Å². The SMILES string of the molecule is CC1(C)C(/C=C/C(=C/C=C2/N(CCCS(=O)(=O)[O-])c3ccc(S(=O)(=O)[O-])cc3C2(C)C)c2cccc(CCC(=O)O)c2)=Nc2c1cc(Cl)c[n+]2CCCS(=O)(=O)[O-].[Na+].[Na+]. The fraction of sp³-hybridized carbons (Fsp3) is 0.359. The van der Waals surface area contributed by atoms with Crippen LogP contribution in [0.25, 0.3) is 5.57 Å². The monoisotopic (exact) mass is 905 g/mol. The Labute approximate surface area is 395 Å². The minimum absolute atomic E-state index is 0. The van der Waals surface area contributed by atoms with Gasteiger partial charge in [0.15, 0.2) is 5.71 Å². The van der Waals surface area contributed by atoms with Crippen LogP contribution < -0.4 is 68.6 Å². The number of fused-ring (bicyclic) bond motifs is 2. The Bertz CT molecular complexity index is 2570. The third kappa shape index (κ3) is 12.9. The van der Waals surface area contributed by atoms with E-state index in [1.54, 1.807) is 33.9 Å². The first-order chi connectivity index (χ1) is 26.4. The number of carbonyl (C=O) groups is 1. The summed E-state index contributed by atoms with van der Waals surface area (Å²) in [6, 6.07) is 13.1. The number of rotatable bonds is 16. The number of anilines is 1. The Morgan fingerprint density at radius 1 is 0.898 bits per heavy atom. The largest absolute Gasteiger partial charge is 1.00 e. The zero-order chi connectivity index (χ0) is 42.1. The first kappa shape index (κ1) is 51.1. The standard InChI is InChI=1S/C39H44ClN3O11S3.2Na/c1-38(2)32-23-29(40)25-42(18-6-20-55(46,47)48)37(32)41-34(38)15-11-27(28-9-5-8-26(22-28)10-17-36(44)45)12-16-35-39(3,4)31-24-30(57(52,53)54)13-14-33(31)43(35)19-7-21-56(49,50)51;;/h5,8-9,11-16,22-25H,6-7,10,17-21H2,1-4H3,(H3-,44,45,46,47,48,49,50,51,52,53,54);;/q;2*+1/p-2. The van der Waals surface area contributed by atoms with E-state index in [1.165, 1.54) is 18.2 Å². The topological polar surface area (TPSA) is 228 Å². The molecule has 0 atom stereocenters. The molecule has 0 spiro atoms. The van der Waals surface area contributed by atoms with Crippen molar-refractivity contribution in [1.82, 2.24) is 0 Å². The van der Waals surface area contributed by atoms with Crippen LogP contribution in [0.5, 0.6) is 0 Å². The fourth-order valence-electron chi connectivity index (χ4n) is 7.10. The van der Waals surface area contributed by atoms with Crippen molar-refractivity contribution in [1.29, 1.82) is 0 Å². The summed E-state index contributed by atoms with van der Waals surface area (Å²) in [4.78, 5) is 17.7. The Balaban J connectivity index is 0.00000465. The maximum Gasteiger partial charge on any atom is 1.00 e. The number of aliphatic carboxylic acids is 1. The molecule has 306 valence electrons. The van der Waals surface area contributed by atoms with E-state index in [-0.39, 0.29) is 97.9 Å². The second-order valence-corrected chi connectivity index (χ2v) is 19.8. The van der Waals surface area contributed by atoms with Gasteiger partial charge in [0.25, 0.3) is 0 Å². The molecule has 0 bridgehead atoms. The Morgan fingerprint density at radius 2 is 1.56 bits per heavy atom. The maximum atomic E-state index is 12.0. The normalized spacial score (nSPS) is 16.7. The van der Waals surface area contributed by atoms with Crippen LogP contribution in [0, 0.1) is 0 Å². The van der Waals surface area contributed by atoms with Crippen molar-refractivity contribution in [3.05, 3.63) is 112 Å². The summed E-state index contributed by atoms with van der Waals surface area (Å²) < 4.78 is 106. The van der Waals surface area contributed by atoms with E-state index in [9.17, 15) is 48.8 Å². The number of nitrogens with zero attached hydrogens (tertiary/aromatic N) is 3. The van der Waals surface area contributed by atoms with Crippen molar-refractivity contribution in [3.63, 3.8) is 0 Å². The molecule has 0 unspecified atom stereocenters. The number of allylic oxidation sites excluding steroid dienone is 6. The Kier molecular flexibility index (Phi) is 17.2. The second kappa shape index (κ2) is 19.9. The summed E-state index contributed by atoms with van der Waals surface area (Å²) in [7, 11) is -13.8. The van der Waals surface area contributed by atoms with E-state index in [2.05, 4.69) is 0 Å². The number of hydrogen-bond donors (Lipinski definition) is 1. The number of benzene rings is 2. The van der Waals surface area contributed by atoms with Crippen LogP contribution in [-0.2, 0) is 58.9 Å². The fourth-order valence-corrected chi connectivity index (χ4v) is 8.79. The average molecular weight is 906 g/mol. The van der Waals surface area contributed by atoms with Crippen molar-refractivity contribution < 1.29 is 112 Å². The van der Waals surface area contributed by atoms with E-state index in [1.807, 2.05) is 64.1 Å². The number of aryl methyl sites for hydroxylation is 2. The summed E-state index contributed by atoms with van der Waals surface area (Å²) in [5.41, 5.74) is 3.64. The molecule has 59 heavy (non-hydrogen) atoms. The molecule has 0 amide bonds. The molecule has 5 rings (SSSR count). The molecule has 2 aromatic carbocycles. The van der Waals surface area contributed by atoms with Gasteiger partial charge in [0.2, 0.25) is 0 Å². The number of hydrogen-bond acceptors (Lipinski definition) is 12. The van der Waals surface area contributed by atoms with Gasteiger partial charge in [0.1, 0.15) is 16.3 Å². The summed E-state index contributed by atoms with van der Waals surface area (Å²) in [6.07, 6.45) is 9.11. The van der Waals surface area contributed by atoms with Gasteiger partial charge in [0.05, 0.1) is 47.7 Å². The van der Waals surface area contributed by atoms with Crippen molar-refractivity contribution in [2.45, 2.75) is 75.6 Å². The van der Waals surface area contributed by atoms with Crippen LogP contribution in [0.15, 0.2) is 94.6 Å². The van der Waals surface area contributed by atoms with E-state index in [4.69, 9.17) is 16.6 Å². The molecule has 0 radical (unpaired) electrons. The Morgan fingerprint density at radius 3 is 2.19 bits per heavy atom. The van der Waals surface area contributed by atoms with Crippen LogP contribution in [0.4, 0.5) is 11.5 Å². The van der Waals surface area contributed by atoms with E-state index >= 15 is 0 Å². The van der Waals surface area contributed by atoms with Crippen molar-refractivity contribution >= 4 is 70.7 Å². The number of halogens is 1. The van der Waals surface area contributed by atoms with Crippen LogP contribution >= 0.6 is 11.6 Å². The summed E-state index contributed by atoms with van der Waals surface area (Å²) in [5, 5.41) is 9.72. The number of carboxylic acid groups (broad SMARTS) is 1. The first-order valence-electron chi connectivity index (χ1n) is 17.9. The van der Waals surface area contributed by atoms with Gasteiger partial charge in [-0.2, -0.15) is 0 Å². The summed E-state index contributed by atoms with van der Waals surface area (Å²) in [6.45, 7) is 7.84. The molecular formula is C39H42ClN3Na2O11S3. The van der Waals surface area contributed by atoms with Crippen LogP contribution in [0.3, 0.4) is 0 Å². The van der Waals surface area contributed by atoms with Gasteiger partial charge in [-0.05, 0) is 96.8 Å². The number of pyridine rings is 1. The molecular weight excluding hydrogens is 864 g/mol. The third-order valence-corrected chi connectivity index (χ3v) is 12.7. The zero-order valence-corrected chi connectivity index (χ0v) is 40.8. The molecule has 20 heteroatoms. The van der Waals surface area contributed by atoms with Gasteiger partial charge in [0, 0.05) is 41.3 Å². The minimum atomic E-state index is -4.81. The van der Waals surface area contributed by atoms with Gasteiger partial charge in [-0.25, -0.2) is 29.8 Å². The Hall–Kier alpha value is -2.23. The summed E-state index contributed by atoms with van der Waals surface area (Å²) in [5.74, 6) is -1.58. The molecule has 14 nitrogen and oxygen atoms in total. The zero-order valence-electron chi connectivity index (χ0n) is 33.6. The molecule has 1 aromatic heterocycles. The molecule has 3 heterocycles. The van der Waals surface area contributed by atoms with E-state index in [0.29, 0.717) is 44.6 Å². The van der Waals surface area contributed by atoms with Gasteiger partial charge < -0.3 is 23.7 Å². The molecule has 3 aromatic rings. The molecule has 0 aliphatic carbocycles. The third-order valence-electron chi connectivity index (χ3n) is 10.1. The molecule has 0 fully saturated rings. The molecule has 1 N–H and O–H groups in total. The van der Waals surface area contributed by atoms with Crippen molar-refractivity contribution in [2.24, 2.45) is 4.99 Å². The molecule has 0 saturated heterocycles. The predicted octanol–water partition coefficient (Wildman–Crippen LogP) is -0.887. The predicted molar refractivity (Wildman–Crippen MR) is 213 cm³/mol. The van der Waals surface area contributed by atoms with Gasteiger partial charge in [-0.1, -0.05) is 61.9 Å². The first-order valence-corrected chi connectivity index (χ1v) is 22.8.